The van der Waals surface area contributed by atoms with E-state index in [0.29, 0.717) is 12.5 Å². The highest BCUT2D eigenvalue weighted by Crippen LogP contribution is 2.60. The SMILES string of the molecule is CN(C)CCCON=C[C@H]1CC[C@]2(O)C[C@@H](C3CCCCC3)CC[C@]12C.O=C(O)C(=O)O. The molecule has 3 aliphatic rings. The molecule has 3 aliphatic carbocycles. The van der Waals surface area contributed by atoms with Crippen LogP contribution < -0.4 is 0 Å². The maximum Gasteiger partial charge on any atom is 0.414 e. The Morgan fingerprint density at radius 3 is 2.28 bits per heavy atom. The summed E-state index contributed by atoms with van der Waals surface area (Å²) in [6.45, 7) is 4.00. The van der Waals surface area contributed by atoms with Gasteiger partial charge in [-0.2, -0.15) is 0 Å². The van der Waals surface area contributed by atoms with Crippen LogP contribution in [0.1, 0.15) is 77.6 Å². The highest BCUT2D eigenvalue weighted by Gasteiger charge is 2.59. The number of nitrogens with zero attached hydrogens (tertiary/aromatic N) is 2. The Balaban J connectivity index is 0.000000534. The van der Waals surface area contributed by atoms with Gasteiger partial charge in [-0.3, -0.25) is 0 Å². The lowest BCUT2D eigenvalue weighted by molar-refractivity contribution is -0.159. The van der Waals surface area contributed by atoms with Crippen molar-refractivity contribution < 1.29 is 29.7 Å². The first-order chi connectivity index (χ1) is 15.1. The van der Waals surface area contributed by atoms with Crippen molar-refractivity contribution in [1.29, 1.82) is 0 Å². The van der Waals surface area contributed by atoms with E-state index in [-0.39, 0.29) is 5.41 Å². The van der Waals surface area contributed by atoms with E-state index in [2.05, 4.69) is 31.1 Å². The van der Waals surface area contributed by atoms with Crippen molar-refractivity contribution in [2.24, 2.45) is 28.3 Å². The summed E-state index contributed by atoms with van der Waals surface area (Å²) in [5.74, 6) is -1.69. The third-order valence-corrected chi connectivity index (χ3v) is 8.04. The van der Waals surface area contributed by atoms with Crippen molar-refractivity contribution in [3.63, 3.8) is 0 Å². The Hall–Kier alpha value is -1.67. The van der Waals surface area contributed by atoms with Crippen molar-refractivity contribution in [2.45, 2.75) is 83.2 Å². The highest BCUT2D eigenvalue weighted by atomic mass is 16.6. The minimum atomic E-state index is -1.82. The van der Waals surface area contributed by atoms with Crippen LogP contribution in [-0.2, 0) is 14.4 Å². The fourth-order valence-electron chi connectivity index (χ4n) is 5.98. The molecule has 0 aromatic heterocycles. The molecule has 0 aliphatic heterocycles. The quantitative estimate of drug-likeness (QED) is 0.233. The molecule has 3 fully saturated rings. The second-order valence-corrected chi connectivity index (χ2v) is 10.4. The maximum atomic E-state index is 11.5. The van der Waals surface area contributed by atoms with Gasteiger partial charge >= 0.3 is 11.9 Å². The van der Waals surface area contributed by atoms with Gasteiger partial charge in [0.05, 0.1) is 5.60 Å². The van der Waals surface area contributed by atoms with Gasteiger partial charge in [0, 0.05) is 24.1 Å². The molecule has 8 heteroatoms. The van der Waals surface area contributed by atoms with Gasteiger partial charge in [-0.05, 0) is 64.5 Å². The van der Waals surface area contributed by atoms with E-state index in [4.69, 9.17) is 24.6 Å². The summed E-state index contributed by atoms with van der Waals surface area (Å²) in [6, 6.07) is 0. The van der Waals surface area contributed by atoms with Crippen molar-refractivity contribution in [3.8, 4) is 0 Å². The van der Waals surface area contributed by atoms with Gasteiger partial charge in [0.1, 0.15) is 6.61 Å². The molecule has 3 rings (SSSR count). The van der Waals surface area contributed by atoms with Crippen LogP contribution in [0.25, 0.3) is 0 Å². The average Bonchev–Trinajstić information content (AvgIpc) is 3.01. The zero-order valence-electron chi connectivity index (χ0n) is 20.0. The van der Waals surface area contributed by atoms with Crippen LogP contribution in [-0.4, -0.2) is 71.2 Å². The largest absolute Gasteiger partial charge is 0.473 e. The predicted molar refractivity (Wildman–Crippen MR) is 123 cm³/mol. The highest BCUT2D eigenvalue weighted by molar-refractivity contribution is 6.27. The van der Waals surface area contributed by atoms with E-state index in [1.807, 2.05) is 6.21 Å². The summed E-state index contributed by atoms with van der Waals surface area (Å²) in [5, 5.41) is 30.6. The number of hydrogen-bond acceptors (Lipinski definition) is 6. The molecule has 3 saturated carbocycles. The Morgan fingerprint density at radius 1 is 1.03 bits per heavy atom. The van der Waals surface area contributed by atoms with Gasteiger partial charge in [-0.1, -0.05) is 44.2 Å². The molecular formula is C24H42N2O6. The van der Waals surface area contributed by atoms with E-state index >= 15 is 0 Å². The number of fused-ring (bicyclic) bond motifs is 1. The van der Waals surface area contributed by atoms with Gasteiger partial charge in [0.25, 0.3) is 0 Å². The molecule has 0 saturated heterocycles. The molecule has 0 aromatic carbocycles. The predicted octanol–water partition coefficient (Wildman–Crippen LogP) is 3.62. The molecule has 3 N–H and O–H groups in total. The molecule has 0 aromatic rings. The molecule has 0 radical (unpaired) electrons. The van der Waals surface area contributed by atoms with Gasteiger partial charge in [-0.25, -0.2) is 9.59 Å². The Labute approximate surface area is 192 Å². The molecular weight excluding hydrogens is 412 g/mol. The molecule has 184 valence electrons. The summed E-state index contributed by atoms with van der Waals surface area (Å²) < 4.78 is 0. The maximum absolute atomic E-state index is 11.5. The second-order valence-electron chi connectivity index (χ2n) is 10.4. The zero-order chi connectivity index (χ0) is 23.8. The average molecular weight is 455 g/mol. The molecule has 0 amide bonds. The van der Waals surface area contributed by atoms with Gasteiger partial charge in [0.15, 0.2) is 0 Å². The van der Waals surface area contributed by atoms with E-state index in [0.717, 1.165) is 50.5 Å². The second kappa shape index (κ2) is 12.0. The molecule has 4 atom stereocenters. The van der Waals surface area contributed by atoms with E-state index in [1.54, 1.807) is 0 Å². The normalized spacial score (nSPS) is 32.9. The van der Waals surface area contributed by atoms with Crippen LogP contribution in [0.4, 0.5) is 0 Å². The number of carboxylic acid groups (broad SMARTS) is 2. The molecule has 0 heterocycles. The summed E-state index contributed by atoms with van der Waals surface area (Å²) in [6.07, 6.45) is 15.4. The number of aliphatic carboxylic acids is 2. The fraction of sp³-hybridized carbons (Fsp3) is 0.875. The standard InChI is InChI=1S/C22H40N2O2.C2H2O4/c1-21-12-10-19(18-8-5-4-6-9-18)16-22(21,25)13-11-20(21)17-23-26-15-7-14-24(2)3;3-1(4)2(5)6/h17-20,25H,4-16H2,1-3H3;(H,3,4)(H,5,6)/t19-,20+,21+,22-;/m0./s1. The molecule has 0 spiro atoms. The number of rotatable bonds is 7. The number of aliphatic hydroxyl groups is 1. The van der Waals surface area contributed by atoms with Crippen LogP contribution >= 0.6 is 0 Å². The lowest BCUT2D eigenvalue weighted by Crippen LogP contribution is -2.51. The van der Waals surface area contributed by atoms with Crippen LogP contribution in [0.3, 0.4) is 0 Å². The van der Waals surface area contributed by atoms with E-state index < -0.39 is 17.5 Å². The van der Waals surface area contributed by atoms with Crippen LogP contribution in [0.2, 0.25) is 0 Å². The van der Waals surface area contributed by atoms with Gasteiger partial charge < -0.3 is 25.1 Å². The minimum Gasteiger partial charge on any atom is -0.473 e. The fourth-order valence-corrected chi connectivity index (χ4v) is 5.98. The molecule has 0 unspecified atom stereocenters. The summed E-state index contributed by atoms with van der Waals surface area (Å²) >= 11 is 0. The van der Waals surface area contributed by atoms with E-state index in [9.17, 15) is 5.11 Å². The van der Waals surface area contributed by atoms with Crippen LogP contribution in [0, 0.1) is 23.2 Å². The molecule has 32 heavy (non-hydrogen) atoms. The minimum absolute atomic E-state index is 0.0192. The van der Waals surface area contributed by atoms with Crippen LogP contribution in [0.5, 0.6) is 0 Å². The first-order valence-electron chi connectivity index (χ1n) is 12.1. The lowest BCUT2D eigenvalue weighted by Gasteiger charge is -2.50. The Kier molecular flexibility index (Phi) is 9.95. The molecule has 8 nitrogen and oxygen atoms in total. The zero-order valence-corrected chi connectivity index (χ0v) is 20.0. The third-order valence-electron chi connectivity index (χ3n) is 8.04. The van der Waals surface area contributed by atoms with Crippen LogP contribution in [0.15, 0.2) is 5.16 Å². The summed E-state index contributed by atoms with van der Waals surface area (Å²) in [4.78, 5) is 25.8. The smallest absolute Gasteiger partial charge is 0.414 e. The summed E-state index contributed by atoms with van der Waals surface area (Å²) in [5.41, 5.74) is -0.510. The van der Waals surface area contributed by atoms with Gasteiger partial charge in [0.2, 0.25) is 0 Å². The number of carboxylic acids is 2. The van der Waals surface area contributed by atoms with Crippen molar-refractivity contribution in [1.82, 2.24) is 4.90 Å². The number of oxime groups is 1. The van der Waals surface area contributed by atoms with Crippen molar-refractivity contribution in [2.75, 3.05) is 27.2 Å². The first-order valence-corrected chi connectivity index (χ1v) is 12.1. The van der Waals surface area contributed by atoms with Crippen molar-refractivity contribution >= 4 is 18.2 Å². The van der Waals surface area contributed by atoms with Gasteiger partial charge in [-0.15, -0.1) is 0 Å². The van der Waals surface area contributed by atoms with E-state index in [1.165, 1.54) is 38.5 Å². The Morgan fingerprint density at radius 2 is 1.69 bits per heavy atom. The summed E-state index contributed by atoms with van der Waals surface area (Å²) in [7, 11) is 4.15. The first kappa shape index (κ1) is 26.6. The topological polar surface area (TPSA) is 120 Å². The third kappa shape index (κ3) is 6.91. The monoisotopic (exact) mass is 454 g/mol. The van der Waals surface area contributed by atoms with Crippen molar-refractivity contribution in [3.05, 3.63) is 0 Å². The lowest BCUT2D eigenvalue weighted by atomic mass is 9.57. The Bertz CT molecular complexity index is 636. The molecule has 0 bridgehead atoms. The number of carbonyl (C=O) groups is 2. The number of hydrogen-bond donors (Lipinski definition) is 3.